The minimum atomic E-state index is -0.297. The Morgan fingerprint density at radius 2 is 1.23 bits per heavy atom. The molecule has 3 aromatic carbocycles. The van der Waals surface area contributed by atoms with Crippen LogP contribution in [0.15, 0.2) is 66.7 Å². The second-order valence-corrected chi connectivity index (χ2v) is 6.31. The van der Waals surface area contributed by atoms with Gasteiger partial charge >= 0.3 is 0 Å². The molecule has 0 N–H and O–H groups in total. The summed E-state index contributed by atoms with van der Waals surface area (Å²) in [5.41, 5.74) is 3.51. The number of nitrogens with zero attached hydrogens (tertiary/aromatic N) is 1. The molecule has 1 aliphatic heterocycles. The Bertz CT molecular complexity index is 967. The molecule has 4 rings (SSSR count). The van der Waals surface area contributed by atoms with Crippen LogP contribution >= 0.6 is 0 Å². The van der Waals surface area contributed by atoms with Crippen LogP contribution in [0.25, 0.3) is 0 Å². The molecule has 1 aliphatic rings. The van der Waals surface area contributed by atoms with Gasteiger partial charge < -0.3 is 4.74 Å². The van der Waals surface area contributed by atoms with Crippen LogP contribution < -0.4 is 9.64 Å². The van der Waals surface area contributed by atoms with Crippen molar-refractivity contribution in [2.75, 3.05) is 4.90 Å². The lowest BCUT2D eigenvalue weighted by Gasteiger charge is -2.15. The van der Waals surface area contributed by atoms with Crippen LogP contribution in [-0.2, 0) is 0 Å². The topological polar surface area (TPSA) is 46.6 Å². The van der Waals surface area contributed by atoms with Gasteiger partial charge in [-0.05, 0) is 61.4 Å². The van der Waals surface area contributed by atoms with Crippen molar-refractivity contribution in [3.63, 3.8) is 0 Å². The summed E-state index contributed by atoms with van der Waals surface area (Å²) in [4.78, 5) is 26.3. The first-order chi connectivity index (χ1) is 12.6. The van der Waals surface area contributed by atoms with Crippen LogP contribution in [0.3, 0.4) is 0 Å². The summed E-state index contributed by atoms with van der Waals surface area (Å²) in [7, 11) is 0. The Balaban J connectivity index is 1.61. The molecule has 2 amide bonds. The summed E-state index contributed by atoms with van der Waals surface area (Å²) in [5.74, 6) is 0.881. The molecule has 0 radical (unpaired) electrons. The summed E-state index contributed by atoms with van der Waals surface area (Å²) in [6.45, 7) is 3.99. The molecule has 0 saturated heterocycles. The molecule has 0 aromatic heterocycles. The maximum Gasteiger partial charge on any atom is 0.266 e. The first-order valence-corrected chi connectivity index (χ1v) is 8.38. The maximum atomic E-state index is 12.5. The van der Waals surface area contributed by atoms with Gasteiger partial charge in [0.05, 0.1) is 16.8 Å². The smallest absolute Gasteiger partial charge is 0.266 e. The summed E-state index contributed by atoms with van der Waals surface area (Å²) >= 11 is 0. The number of anilines is 1. The molecule has 0 saturated carbocycles. The van der Waals surface area contributed by atoms with Gasteiger partial charge in [0.15, 0.2) is 0 Å². The monoisotopic (exact) mass is 343 g/mol. The molecule has 3 aromatic rings. The number of amides is 2. The van der Waals surface area contributed by atoms with E-state index in [2.05, 4.69) is 0 Å². The van der Waals surface area contributed by atoms with E-state index in [0.29, 0.717) is 22.6 Å². The maximum absolute atomic E-state index is 12.5. The minimum absolute atomic E-state index is 0.297. The summed E-state index contributed by atoms with van der Waals surface area (Å²) in [6.07, 6.45) is 0. The molecule has 0 unspecified atom stereocenters. The number of carbonyl (C=O) groups excluding carboxylic acids is 2. The van der Waals surface area contributed by atoms with Gasteiger partial charge in [-0.1, -0.05) is 30.3 Å². The van der Waals surface area contributed by atoms with E-state index in [1.807, 2.05) is 32.0 Å². The fourth-order valence-corrected chi connectivity index (χ4v) is 3.17. The zero-order valence-electron chi connectivity index (χ0n) is 14.5. The quantitative estimate of drug-likeness (QED) is 0.636. The molecular formula is C22H17NO3. The van der Waals surface area contributed by atoms with Gasteiger partial charge in [0.2, 0.25) is 0 Å². The van der Waals surface area contributed by atoms with Crippen molar-refractivity contribution in [2.24, 2.45) is 0 Å². The number of carbonyl (C=O) groups is 2. The molecule has 0 bridgehead atoms. The van der Waals surface area contributed by atoms with Crippen LogP contribution in [0.2, 0.25) is 0 Å². The van der Waals surface area contributed by atoms with E-state index in [0.717, 1.165) is 16.9 Å². The van der Waals surface area contributed by atoms with E-state index in [-0.39, 0.29) is 11.8 Å². The normalized spacial score (nSPS) is 13.1. The van der Waals surface area contributed by atoms with Gasteiger partial charge in [-0.25, -0.2) is 4.90 Å². The SMILES string of the molecule is Cc1cccc(C)c1Oc1ccc(N2C(=O)c3ccccc3C2=O)cc1. The third-order valence-electron chi connectivity index (χ3n) is 4.52. The summed E-state index contributed by atoms with van der Waals surface area (Å²) in [6, 6.07) is 19.8. The van der Waals surface area contributed by atoms with Crippen molar-refractivity contribution in [3.8, 4) is 11.5 Å². The third-order valence-corrected chi connectivity index (χ3v) is 4.52. The number of hydrogen-bond acceptors (Lipinski definition) is 3. The van der Waals surface area contributed by atoms with Gasteiger partial charge in [-0.3, -0.25) is 9.59 Å². The molecule has 1 heterocycles. The highest BCUT2D eigenvalue weighted by Crippen LogP contribution is 2.32. The zero-order chi connectivity index (χ0) is 18.3. The first kappa shape index (κ1) is 16.1. The number of rotatable bonds is 3. The molecule has 4 heteroatoms. The van der Waals surface area contributed by atoms with E-state index in [9.17, 15) is 9.59 Å². The second-order valence-electron chi connectivity index (χ2n) is 6.31. The molecule has 0 fully saturated rings. The second kappa shape index (κ2) is 6.15. The van der Waals surface area contributed by atoms with Crippen LogP contribution in [0.5, 0.6) is 11.5 Å². The fourth-order valence-electron chi connectivity index (χ4n) is 3.17. The Morgan fingerprint density at radius 3 is 1.77 bits per heavy atom. The largest absolute Gasteiger partial charge is 0.457 e. The van der Waals surface area contributed by atoms with Gasteiger partial charge in [-0.15, -0.1) is 0 Å². The molecular weight excluding hydrogens is 326 g/mol. The van der Waals surface area contributed by atoms with Crippen molar-refractivity contribution >= 4 is 17.5 Å². The number of imide groups is 1. The Kier molecular flexibility index (Phi) is 3.81. The van der Waals surface area contributed by atoms with Crippen LogP contribution in [0.4, 0.5) is 5.69 Å². The number of para-hydroxylation sites is 1. The van der Waals surface area contributed by atoms with Gasteiger partial charge in [0, 0.05) is 0 Å². The standard InChI is InChI=1S/C22H17NO3/c1-14-6-5-7-15(2)20(14)26-17-12-10-16(11-13-17)23-21(24)18-8-3-4-9-19(18)22(23)25/h3-13H,1-2H3. The van der Waals surface area contributed by atoms with Crippen molar-refractivity contribution < 1.29 is 14.3 Å². The van der Waals surface area contributed by atoms with E-state index in [1.54, 1.807) is 48.5 Å². The number of ether oxygens (including phenoxy) is 1. The highest BCUT2D eigenvalue weighted by atomic mass is 16.5. The zero-order valence-corrected chi connectivity index (χ0v) is 14.5. The highest BCUT2D eigenvalue weighted by molar-refractivity contribution is 6.34. The minimum Gasteiger partial charge on any atom is -0.457 e. The average Bonchev–Trinajstić information content (AvgIpc) is 2.90. The van der Waals surface area contributed by atoms with Crippen molar-refractivity contribution in [3.05, 3.63) is 89.0 Å². The van der Waals surface area contributed by atoms with Crippen molar-refractivity contribution in [2.45, 2.75) is 13.8 Å². The predicted octanol–water partition coefficient (Wildman–Crippen LogP) is 4.90. The lowest BCUT2D eigenvalue weighted by atomic mass is 10.1. The van der Waals surface area contributed by atoms with Crippen LogP contribution in [-0.4, -0.2) is 11.8 Å². The van der Waals surface area contributed by atoms with E-state index in [4.69, 9.17) is 4.74 Å². The molecule has 0 atom stereocenters. The molecule has 4 nitrogen and oxygen atoms in total. The highest BCUT2D eigenvalue weighted by Gasteiger charge is 2.36. The molecule has 0 spiro atoms. The van der Waals surface area contributed by atoms with Gasteiger partial charge in [0.1, 0.15) is 11.5 Å². The lowest BCUT2D eigenvalue weighted by Crippen LogP contribution is -2.29. The molecule has 26 heavy (non-hydrogen) atoms. The number of aryl methyl sites for hydroxylation is 2. The lowest BCUT2D eigenvalue weighted by molar-refractivity contribution is 0.0926. The van der Waals surface area contributed by atoms with Gasteiger partial charge in [0.25, 0.3) is 11.8 Å². The first-order valence-electron chi connectivity index (χ1n) is 8.38. The number of fused-ring (bicyclic) bond motifs is 1. The van der Waals surface area contributed by atoms with Crippen molar-refractivity contribution in [1.29, 1.82) is 0 Å². The third kappa shape index (κ3) is 2.56. The van der Waals surface area contributed by atoms with E-state index >= 15 is 0 Å². The van der Waals surface area contributed by atoms with Gasteiger partial charge in [-0.2, -0.15) is 0 Å². The predicted molar refractivity (Wildman–Crippen MR) is 100 cm³/mol. The Morgan fingerprint density at radius 1 is 0.692 bits per heavy atom. The number of benzene rings is 3. The Labute approximate surface area is 151 Å². The number of hydrogen-bond donors (Lipinski definition) is 0. The average molecular weight is 343 g/mol. The molecule has 128 valence electrons. The Hall–Kier alpha value is -3.40. The van der Waals surface area contributed by atoms with Crippen LogP contribution in [0, 0.1) is 13.8 Å². The van der Waals surface area contributed by atoms with Crippen LogP contribution in [0.1, 0.15) is 31.8 Å². The van der Waals surface area contributed by atoms with Crippen molar-refractivity contribution in [1.82, 2.24) is 0 Å². The summed E-state index contributed by atoms with van der Waals surface area (Å²) < 4.78 is 5.98. The van der Waals surface area contributed by atoms with E-state index in [1.165, 1.54) is 4.90 Å². The van der Waals surface area contributed by atoms with E-state index < -0.39 is 0 Å². The summed E-state index contributed by atoms with van der Waals surface area (Å²) in [5, 5.41) is 0. The fraction of sp³-hybridized carbons (Fsp3) is 0.0909. The molecule has 0 aliphatic carbocycles.